The van der Waals surface area contributed by atoms with E-state index in [0.717, 1.165) is 22.9 Å². The number of aliphatic carboxylic acids is 1. The second kappa shape index (κ2) is 41.4. The lowest BCUT2D eigenvalue weighted by Crippen LogP contribution is -2.42. The number of aromatic amines is 3. The number of esters is 1. The number of benzene rings is 1. The van der Waals surface area contributed by atoms with Gasteiger partial charge >= 0.3 is 18.0 Å². The standard InChI is InChI=1S/C77H104N16O16S2/c1-12-15-49(24-30-109-77(10,14-3)26-28-94)84-72(101)66-45(8)57-36-58-51(13-2)42(5)54(85-58)37-59-65(46(9)95)44(7)56(86-59)35-55-43(6)52(67(88-55)53(68(66)89-57)34-64(99)106-11)21-23-63(98)92-93-76(105)108-32-33-110-111-40-60(74(103)104)87-62(97)25-29-107-31-27-79-61(96)22-16-41(4)82-71(100)47-17-19-48(20-18-47)80-38-50-39-81-70-69(83-50)73(102)91-75(78)90-70/h17-20,35,37,39,41-43,51-52,58,60,80,86,89,94H,12-16,21-34,36,38,40H2,1-11H3,(H,79,96)(H,82,100)(H,87,97)(H,92,98)(H,93,105)(H,103,104)(H3,78,81,90,91,102)/b56-35-,59-37-,67-53-,84-49+/t41-,42-,43+,51-,52+,58?,60+,77?/m1/s1. The molecule has 3 aliphatic rings. The maximum Gasteiger partial charge on any atom is 0.426 e. The van der Waals surface area contributed by atoms with Gasteiger partial charge in [0.25, 0.3) is 17.4 Å². The number of rotatable bonds is 39. The van der Waals surface area contributed by atoms with E-state index < -0.39 is 64.8 Å². The molecular weight excluding hydrogens is 1470 g/mol. The number of aliphatic hydroxyl groups excluding tert-OH is 1. The molecule has 7 heterocycles. The zero-order valence-corrected chi connectivity index (χ0v) is 66.5. The van der Waals surface area contributed by atoms with Gasteiger partial charge in [-0.1, -0.05) is 69.0 Å². The molecule has 3 aliphatic heterocycles. The van der Waals surface area contributed by atoms with Crippen LogP contribution in [0.4, 0.5) is 16.4 Å². The third-order valence-electron chi connectivity index (χ3n) is 20.2. The average molecular weight is 1570 g/mol. The van der Waals surface area contributed by atoms with Crippen molar-refractivity contribution in [3.8, 4) is 0 Å². The minimum Gasteiger partial charge on any atom is -0.480 e. The Kier molecular flexibility index (Phi) is 32.3. The quantitative estimate of drug-likeness (QED) is 0.00491. The summed E-state index contributed by atoms with van der Waals surface area (Å²) < 4.78 is 22.5. The van der Waals surface area contributed by atoms with Crippen molar-refractivity contribution in [2.75, 3.05) is 69.2 Å². The van der Waals surface area contributed by atoms with Crippen LogP contribution in [0.25, 0.3) is 28.9 Å². The van der Waals surface area contributed by atoms with Crippen LogP contribution < -0.4 is 54.1 Å². The molecule has 2 unspecified atom stereocenters. The molecule has 32 nitrogen and oxygen atoms in total. The number of carboxylic acids is 1. The van der Waals surface area contributed by atoms with Crippen LogP contribution in [0.1, 0.15) is 192 Å². The highest BCUT2D eigenvalue weighted by Crippen LogP contribution is 2.43. The van der Waals surface area contributed by atoms with E-state index in [0.29, 0.717) is 123 Å². The predicted octanol–water partition coefficient (Wildman–Crippen LogP) is 6.62. The van der Waals surface area contributed by atoms with Gasteiger partial charge in [-0.25, -0.2) is 30.0 Å². The molecule has 0 radical (unpaired) electrons. The molecule has 0 fully saturated rings. The minimum atomic E-state index is -1.26. The van der Waals surface area contributed by atoms with E-state index in [-0.39, 0.29) is 154 Å². The second-order valence-electron chi connectivity index (χ2n) is 28.1. The van der Waals surface area contributed by atoms with Crippen LogP contribution in [-0.2, 0) is 55.9 Å². The first-order valence-electron chi connectivity index (χ1n) is 37.5. The monoisotopic (exact) mass is 1570 g/mol. The van der Waals surface area contributed by atoms with Crippen molar-refractivity contribution in [1.29, 1.82) is 0 Å². The number of ether oxygens (including phenoxy) is 4. The van der Waals surface area contributed by atoms with E-state index in [4.69, 9.17) is 39.7 Å². The molecule has 6 amide bonds. The van der Waals surface area contributed by atoms with Crippen LogP contribution in [0.15, 0.2) is 55.9 Å². The number of carboxylic acid groups (broad SMARTS) is 1. The number of aliphatic hydroxyl groups is 1. The molecule has 8 atom stereocenters. The van der Waals surface area contributed by atoms with Crippen molar-refractivity contribution in [3.05, 3.63) is 102 Å². The molecule has 0 saturated heterocycles. The number of aliphatic imine (C=N–C) groups is 3. The van der Waals surface area contributed by atoms with Crippen LogP contribution in [0.5, 0.6) is 0 Å². The molecule has 0 saturated carbocycles. The number of carbonyl (C=O) groups is 9. The molecular formula is C77H104N16O16S2. The Bertz CT molecular complexity index is 4550. The van der Waals surface area contributed by atoms with Gasteiger partial charge in [-0.3, -0.25) is 58.8 Å². The molecule has 8 rings (SSSR count). The molecule has 0 aliphatic carbocycles. The highest BCUT2D eigenvalue weighted by atomic mass is 33.1. The van der Waals surface area contributed by atoms with Gasteiger partial charge in [-0.15, -0.1) is 0 Å². The maximum absolute atomic E-state index is 15.2. The van der Waals surface area contributed by atoms with E-state index in [9.17, 15) is 53.4 Å². The Morgan fingerprint density at radius 2 is 1.59 bits per heavy atom. The van der Waals surface area contributed by atoms with E-state index in [1.54, 1.807) is 31.2 Å². The fourth-order valence-corrected chi connectivity index (χ4v) is 15.6. The fourth-order valence-electron chi connectivity index (χ4n) is 13.6. The van der Waals surface area contributed by atoms with Crippen molar-refractivity contribution in [2.24, 2.45) is 38.6 Å². The molecule has 5 aromatic rings. The van der Waals surface area contributed by atoms with Gasteiger partial charge < -0.3 is 66.1 Å². The van der Waals surface area contributed by atoms with Crippen LogP contribution >= 0.6 is 21.6 Å². The number of carbonyl (C=O) groups excluding carboxylic acids is 8. The number of hydrogen-bond acceptors (Lipinski definition) is 24. The number of amides is 6. The largest absolute Gasteiger partial charge is 0.480 e. The zero-order chi connectivity index (χ0) is 80.6. The SMILES string of the molecule is CCC/C(CCOC(C)(CC)CCO)=N\C(=O)c1c2[nH]c(c1C)CC1N=C(/C=c3\[nH]/c(c(C)c3C(C)=O)=C\C3=NC(=C\2CC(=O)OC)/[C@@H](CCC(=O)NNC(=O)OCCSSC[C@H](NC(=O)CCOCCNC(=O)CC[C@@H](C)NC(=O)c2ccc(NCc4cnc5nc(N)[nH]c(=O)c5n4)cc2)C(=O)O)[C@@H]3C)[C@H](C)[C@H]1CC. The van der Waals surface area contributed by atoms with Crippen molar-refractivity contribution >= 4 is 133 Å². The Labute approximate surface area is 651 Å². The van der Waals surface area contributed by atoms with Gasteiger partial charge in [0.15, 0.2) is 16.9 Å². The summed E-state index contributed by atoms with van der Waals surface area (Å²) in [6.07, 6.45) is 8.19. The van der Waals surface area contributed by atoms with Crippen LogP contribution in [0.3, 0.4) is 0 Å². The van der Waals surface area contributed by atoms with Crippen molar-refractivity contribution < 1.29 is 72.3 Å². The molecule has 34 heteroatoms. The summed E-state index contributed by atoms with van der Waals surface area (Å²) in [6.45, 7) is 19.7. The summed E-state index contributed by atoms with van der Waals surface area (Å²) in [5.74, 6) is -5.06. The van der Waals surface area contributed by atoms with Crippen molar-refractivity contribution in [3.63, 3.8) is 0 Å². The maximum atomic E-state index is 15.2. The summed E-state index contributed by atoms with van der Waals surface area (Å²) in [6, 6.07) is 4.90. The van der Waals surface area contributed by atoms with Gasteiger partial charge in [0, 0.05) is 131 Å². The van der Waals surface area contributed by atoms with Gasteiger partial charge in [0.05, 0.1) is 85.7 Å². The number of fused-ring (bicyclic) bond motifs is 7. The first kappa shape index (κ1) is 86.7. The smallest absolute Gasteiger partial charge is 0.426 e. The normalized spacial score (nSPS) is 19.0. The van der Waals surface area contributed by atoms with Gasteiger partial charge in [-0.2, -0.15) is 4.98 Å². The zero-order valence-electron chi connectivity index (χ0n) is 64.8. The average Bonchev–Trinajstić information content (AvgIpc) is 1.60. The van der Waals surface area contributed by atoms with Gasteiger partial charge in [0.1, 0.15) is 12.6 Å². The Morgan fingerprint density at radius 3 is 2.30 bits per heavy atom. The molecule has 1 aromatic carbocycles. The lowest BCUT2D eigenvalue weighted by atomic mass is 9.83. The Balaban J connectivity index is 0.805. The van der Waals surface area contributed by atoms with E-state index in [2.05, 4.69) is 75.9 Å². The summed E-state index contributed by atoms with van der Waals surface area (Å²) in [7, 11) is 3.60. The second-order valence-corrected chi connectivity index (χ2v) is 30.7. The third-order valence-corrected chi connectivity index (χ3v) is 22.5. The number of hydrazine groups is 1. The highest BCUT2D eigenvalue weighted by Gasteiger charge is 2.40. The number of hydrogen-bond donors (Lipinski definition) is 12. The number of allylic oxidation sites excluding steroid dienone is 1. The summed E-state index contributed by atoms with van der Waals surface area (Å²) in [5, 5.41) is 32.1. The molecule has 8 bridgehead atoms. The number of nitrogen functional groups attached to an aromatic ring is 1. The number of ketones is 1. The van der Waals surface area contributed by atoms with Crippen molar-refractivity contribution in [1.82, 2.24) is 56.7 Å². The highest BCUT2D eigenvalue weighted by molar-refractivity contribution is 8.76. The van der Waals surface area contributed by atoms with E-state index >= 15 is 4.79 Å². The topological polar surface area (TPSA) is 469 Å². The predicted molar refractivity (Wildman–Crippen MR) is 425 cm³/mol. The number of nitrogens with one attached hydrogen (secondary N) is 9. The number of H-pyrrole nitrogens is 3. The molecule has 4 aromatic heterocycles. The number of aromatic nitrogens is 6. The summed E-state index contributed by atoms with van der Waals surface area (Å²) >= 11 is 0. The Morgan fingerprint density at radius 1 is 0.838 bits per heavy atom. The summed E-state index contributed by atoms with van der Waals surface area (Å²) in [5.41, 5.74) is 17.0. The fraction of sp³-hybridized carbons (Fsp3) is 0.532. The van der Waals surface area contributed by atoms with Crippen LogP contribution in [-0.4, -0.2) is 193 Å². The molecule has 0 spiro atoms. The number of nitrogens with two attached hydrogens (primary N) is 1. The van der Waals surface area contributed by atoms with E-state index in [1.165, 1.54) is 31.0 Å². The number of anilines is 2. The molecule has 13 N–H and O–H groups in total. The van der Waals surface area contributed by atoms with Crippen LogP contribution in [0, 0.1) is 37.5 Å². The van der Waals surface area contributed by atoms with E-state index in [1.807, 2.05) is 53.7 Å². The third kappa shape index (κ3) is 24.1. The molecule has 111 heavy (non-hydrogen) atoms. The number of methoxy groups -OCH3 is 1. The van der Waals surface area contributed by atoms with Gasteiger partial charge in [0.2, 0.25) is 23.7 Å². The van der Waals surface area contributed by atoms with Crippen molar-refractivity contribution in [2.45, 2.75) is 183 Å². The Hall–Kier alpha value is -9.90. The van der Waals surface area contributed by atoms with Gasteiger partial charge in [-0.05, 0) is 120 Å². The lowest BCUT2D eigenvalue weighted by Gasteiger charge is -2.28. The lowest BCUT2D eigenvalue weighted by molar-refractivity contribution is -0.141. The van der Waals surface area contributed by atoms with Crippen LogP contribution in [0.2, 0.25) is 0 Å². The minimum absolute atomic E-state index is 0.0140. The first-order chi connectivity index (χ1) is 53.1. The molecule has 600 valence electrons. The first-order valence-corrected chi connectivity index (χ1v) is 40.0. The number of nitrogens with zero attached hydrogens (tertiary/aromatic N) is 6. The number of Topliss-reactive ketones (excluding diaryl/α,β-unsaturated/α-hetero) is 1. The summed E-state index contributed by atoms with van der Waals surface area (Å²) in [4.78, 5) is 169.